The molecular formula is C46H35N. The van der Waals surface area contributed by atoms with Crippen LogP contribution in [0.3, 0.4) is 0 Å². The lowest BCUT2D eigenvalue weighted by molar-refractivity contribution is 0.630. The molecule has 10 rings (SSSR count). The van der Waals surface area contributed by atoms with Crippen LogP contribution in [0.1, 0.15) is 49.9 Å². The van der Waals surface area contributed by atoms with Crippen molar-refractivity contribution in [3.05, 3.63) is 162 Å². The summed E-state index contributed by atoms with van der Waals surface area (Å²) in [6, 6.07) is 52.6. The summed E-state index contributed by atoms with van der Waals surface area (Å²) in [6.07, 6.45) is 0. The largest absolute Gasteiger partial charge is 0.309 e. The van der Waals surface area contributed by atoms with Crippen LogP contribution in [0.2, 0.25) is 0 Å². The van der Waals surface area contributed by atoms with Gasteiger partial charge in [0.15, 0.2) is 0 Å². The van der Waals surface area contributed by atoms with Gasteiger partial charge in [0.1, 0.15) is 0 Å². The van der Waals surface area contributed by atoms with Gasteiger partial charge in [0, 0.05) is 21.6 Å². The quantitative estimate of drug-likeness (QED) is 0.186. The van der Waals surface area contributed by atoms with Crippen molar-refractivity contribution in [3.8, 4) is 39.1 Å². The van der Waals surface area contributed by atoms with Crippen LogP contribution in [0.4, 0.5) is 0 Å². The van der Waals surface area contributed by atoms with Crippen LogP contribution < -0.4 is 0 Å². The van der Waals surface area contributed by atoms with E-state index in [9.17, 15) is 0 Å². The minimum absolute atomic E-state index is 0.0280. The number of hydrogen-bond acceptors (Lipinski definition) is 0. The molecule has 1 aliphatic carbocycles. The van der Waals surface area contributed by atoms with E-state index < -0.39 is 0 Å². The average molecular weight is 602 g/mol. The Bertz CT molecular complexity index is 2630. The summed E-state index contributed by atoms with van der Waals surface area (Å²) in [7, 11) is 0. The van der Waals surface area contributed by atoms with Gasteiger partial charge in [-0.2, -0.15) is 0 Å². The molecule has 224 valence electrons. The first-order valence-corrected chi connectivity index (χ1v) is 16.8. The molecule has 0 fully saturated rings. The van der Waals surface area contributed by atoms with Crippen molar-refractivity contribution in [2.24, 2.45) is 0 Å². The van der Waals surface area contributed by atoms with Crippen molar-refractivity contribution >= 4 is 32.6 Å². The number of para-hydroxylation sites is 1. The van der Waals surface area contributed by atoms with E-state index >= 15 is 0 Å². The third-order valence-electron chi connectivity index (χ3n) is 11.4. The predicted octanol–water partition coefficient (Wildman–Crippen LogP) is 12.2. The molecule has 1 heteroatoms. The van der Waals surface area contributed by atoms with Crippen molar-refractivity contribution < 1.29 is 0 Å². The Morgan fingerprint density at radius 1 is 0.404 bits per heavy atom. The molecular weight excluding hydrogens is 567 g/mol. The van der Waals surface area contributed by atoms with Gasteiger partial charge in [-0.25, -0.2) is 0 Å². The first kappa shape index (κ1) is 26.8. The Balaban J connectivity index is 1.24. The van der Waals surface area contributed by atoms with Crippen LogP contribution in [0, 0.1) is 0 Å². The molecule has 0 unspecified atom stereocenters. The molecule has 1 aliphatic heterocycles. The Morgan fingerprint density at radius 2 is 1.00 bits per heavy atom. The highest BCUT2D eigenvalue weighted by atomic mass is 15.0. The summed E-state index contributed by atoms with van der Waals surface area (Å²) < 4.78 is 2.52. The maximum Gasteiger partial charge on any atom is 0.0582 e. The zero-order valence-electron chi connectivity index (χ0n) is 27.2. The SMILES string of the molecule is CC1(C)c2ccccc2-c2ccc(-c3ccc4c(c3)c3cc(-c5ccc6ccccc6c5)cc5c3n4-c3ccccc3C5(C)C)cc21. The van der Waals surface area contributed by atoms with Crippen molar-refractivity contribution in [2.75, 3.05) is 0 Å². The van der Waals surface area contributed by atoms with Gasteiger partial charge in [-0.15, -0.1) is 0 Å². The number of hydrogen-bond donors (Lipinski definition) is 0. The van der Waals surface area contributed by atoms with Gasteiger partial charge in [-0.1, -0.05) is 125 Å². The van der Waals surface area contributed by atoms with E-state index in [1.807, 2.05) is 0 Å². The lowest BCUT2D eigenvalue weighted by atomic mass is 9.74. The summed E-state index contributed by atoms with van der Waals surface area (Å²) in [5.41, 5.74) is 17.1. The van der Waals surface area contributed by atoms with Crippen LogP contribution in [-0.2, 0) is 10.8 Å². The first-order chi connectivity index (χ1) is 22.8. The summed E-state index contributed by atoms with van der Waals surface area (Å²) in [5.74, 6) is 0. The molecule has 0 atom stereocenters. The fourth-order valence-electron chi connectivity index (χ4n) is 8.82. The van der Waals surface area contributed by atoms with E-state index in [0.29, 0.717) is 0 Å². The zero-order valence-corrected chi connectivity index (χ0v) is 27.2. The predicted molar refractivity (Wildman–Crippen MR) is 199 cm³/mol. The van der Waals surface area contributed by atoms with Crippen LogP contribution in [0.15, 0.2) is 140 Å². The second kappa shape index (κ2) is 9.11. The fraction of sp³-hybridized carbons (Fsp3) is 0.130. The van der Waals surface area contributed by atoms with Gasteiger partial charge in [-0.3, -0.25) is 0 Å². The highest BCUT2D eigenvalue weighted by Crippen LogP contribution is 2.51. The van der Waals surface area contributed by atoms with Gasteiger partial charge in [0.05, 0.1) is 16.7 Å². The molecule has 7 aromatic carbocycles. The van der Waals surface area contributed by atoms with Crippen LogP contribution >= 0.6 is 0 Å². The third kappa shape index (κ3) is 3.55. The van der Waals surface area contributed by atoms with Crippen molar-refractivity contribution in [3.63, 3.8) is 0 Å². The zero-order chi connectivity index (χ0) is 31.7. The smallest absolute Gasteiger partial charge is 0.0582 e. The molecule has 0 amide bonds. The average Bonchev–Trinajstić information content (AvgIpc) is 3.55. The molecule has 2 heterocycles. The highest BCUT2D eigenvalue weighted by molar-refractivity contribution is 6.14. The number of aromatic nitrogens is 1. The van der Waals surface area contributed by atoms with Crippen LogP contribution in [0.5, 0.6) is 0 Å². The van der Waals surface area contributed by atoms with E-state index in [4.69, 9.17) is 0 Å². The Kier molecular flexibility index (Phi) is 5.19. The normalized spacial score (nSPS) is 15.1. The van der Waals surface area contributed by atoms with Crippen LogP contribution in [0.25, 0.3) is 71.6 Å². The number of rotatable bonds is 2. The minimum atomic E-state index is -0.143. The van der Waals surface area contributed by atoms with Crippen molar-refractivity contribution in [1.82, 2.24) is 4.57 Å². The fourth-order valence-corrected chi connectivity index (χ4v) is 8.82. The number of benzene rings is 7. The summed E-state index contributed by atoms with van der Waals surface area (Å²) in [6.45, 7) is 9.51. The Labute approximate surface area is 275 Å². The lowest BCUT2D eigenvalue weighted by Crippen LogP contribution is -2.26. The molecule has 0 spiro atoms. The number of fused-ring (bicyclic) bond motifs is 9. The maximum atomic E-state index is 2.52. The van der Waals surface area contributed by atoms with Crippen molar-refractivity contribution in [2.45, 2.75) is 38.5 Å². The Hall–Kier alpha value is -5.40. The standard InChI is InChI=1S/C46H35N/c1-45(2)38-14-8-7-13-34(38)35-21-19-32(26-40(35)45)31-20-22-42-36(24-31)37-25-33(30-18-17-28-11-5-6-12-29(28)23-30)27-41-44(37)47(42)43-16-10-9-15-39(43)46(41,3)4/h5-27H,1-4H3. The summed E-state index contributed by atoms with van der Waals surface area (Å²) in [4.78, 5) is 0. The Morgan fingerprint density at radius 3 is 1.87 bits per heavy atom. The molecule has 0 bridgehead atoms. The van der Waals surface area contributed by atoms with E-state index in [-0.39, 0.29) is 10.8 Å². The molecule has 1 aromatic heterocycles. The molecule has 0 N–H and O–H groups in total. The van der Waals surface area contributed by atoms with E-state index in [2.05, 4.69) is 172 Å². The molecule has 2 aliphatic rings. The van der Waals surface area contributed by atoms with Gasteiger partial charge in [-0.05, 0) is 109 Å². The van der Waals surface area contributed by atoms with Crippen LogP contribution in [-0.4, -0.2) is 4.57 Å². The molecule has 0 saturated carbocycles. The van der Waals surface area contributed by atoms with Crippen molar-refractivity contribution in [1.29, 1.82) is 0 Å². The van der Waals surface area contributed by atoms with E-state index in [1.165, 1.54) is 93.9 Å². The second-order valence-corrected chi connectivity index (χ2v) is 14.6. The molecule has 8 aromatic rings. The number of nitrogens with zero attached hydrogens (tertiary/aromatic N) is 1. The molecule has 0 saturated heterocycles. The molecule has 0 radical (unpaired) electrons. The lowest BCUT2D eigenvalue weighted by Gasteiger charge is -2.35. The second-order valence-electron chi connectivity index (χ2n) is 14.6. The van der Waals surface area contributed by atoms with Gasteiger partial charge < -0.3 is 4.57 Å². The van der Waals surface area contributed by atoms with Gasteiger partial charge in [0.25, 0.3) is 0 Å². The first-order valence-electron chi connectivity index (χ1n) is 16.8. The third-order valence-corrected chi connectivity index (χ3v) is 11.4. The molecule has 47 heavy (non-hydrogen) atoms. The summed E-state index contributed by atoms with van der Waals surface area (Å²) >= 11 is 0. The monoisotopic (exact) mass is 601 g/mol. The van der Waals surface area contributed by atoms with E-state index in [1.54, 1.807) is 0 Å². The minimum Gasteiger partial charge on any atom is -0.309 e. The maximum absolute atomic E-state index is 2.52. The highest BCUT2D eigenvalue weighted by Gasteiger charge is 2.37. The van der Waals surface area contributed by atoms with Gasteiger partial charge in [0.2, 0.25) is 0 Å². The summed E-state index contributed by atoms with van der Waals surface area (Å²) in [5, 5.41) is 5.17. The van der Waals surface area contributed by atoms with E-state index in [0.717, 1.165) is 0 Å². The topological polar surface area (TPSA) is 4.93 Å². The molecule has 1 nitrogen and oxygen atoms in total. The van der Waals surface area contributed by atoms with Gasteiger partial charge >= 0.3 is 0 Å².